The van der Waals surface area contributed by atoms with Crippen LogP contribution in [0.1, 0.15) is 42.1 Å². The number of aryl methyl sites for hydroxylation is 1. The first-order valence-corrected chi connectivity index (χ1v) is 10.5. The highest BCUT2D eigenvalue weighted by atomic mass is 35.5. The second kappa shape index (κ2) is 8.69. The van der Waals surface area contributed by atoms with E-state index in [-0.39, 0.29) is 29.3 Å². The van der Waals surface area contributed by atoms with Gasteiger partial charge in [0.25, 0.3) is 5.91 Å². The third kappa shape index (κ3) is 4.22. The fourth-order valence-electron chi connectivity index (χ4n) is 3.54. The lowest BCUT2D eigenvalue weighted by Crippen LogP contribution is -2.52. The lowest BCUT2D eigenvalue weighted by Gasteiger charge is -2.34. The highest BCUT2D eigenvalue weighted by Gasteiger charge is 2.29. The molecular formula is C18H28ClN3O3S. The smallest absolute Gasteiger partial charge is 0.254 e. The standard InChI is InChI=1S/C18H27N3O3S.ClH/c1-14-6-7-16(25(23,24)20-9-4-3-5-10-20)12-17(14)18(22)21-11-8-19-13-15(21)2;/h6-7,12,15,19H,3-5,8-11,13H2,1-2H3;1H/t15-;/m1./s1. The van der Waals surface area contributed by atoms with E-state index in [0.29, 0.717) is 25.2 Å². The summed E-state index contributed by atoms with van der Waals surface area (Å²) in [6.07, 6.45) is 2.87. The summed E-state index contributed by atoms with van der Waals surface area (Å²) in [6, 6.07) is 5.04. The molecule has 0 radical (unpaired) electrons. The first-order chi connectivity index (χ1) is 11.9. The monoisotopic (exact) mass is 401 g/mol. The van der Waals surface area contributed by atoms with E-state index in [1.54, 1.807) is 22.5 Å². The number of hydrogen-bond donors (Lipinski definition) is 1. The SMILES string of the molecule is Cc1ccc(S(=O)(=O)N2CCCCC2)cc1C(=O)N1CCNC[C@H]1C.Cl. The second-order valence-corrected chi connectivity index (χ2v) is 8.93. The van der Waals surface area contributed by atoms with Crippen LogP contribution in [-0.2, 0) is 10.0 Å². The van der Waals surface area contributed by atoms with Gasteiger partial charge < -0.3 is 10.2 Å². The molecule has 0 bridgehead atoms. The zero-order valence-corrected chi connectivity index (χ0v) is 17.0. The molecule has 2 heterocycles. The highest BCUT2D eigenvalue weighted by molar-refractivity contribution is 7.89. The molecule has 0 aliphatic carbocycles. The van der Waals surface area contributed by atoms with Gasteiger partial charge in [-0.1, -0.05) is 12.5 Å². The minimum Gasteiger partial charge on any atom is -0.333 e. The van der Waals surface area contributed by atoms with Gasteiger partial charge in [-0.2, -0.15) is 4.31 Å². The number of carbonyl (C=O) groups excluding carboxylic acids is 1. The molecule has 146 valence electrons. The van der Waals surface area contributed by atoms with Crippen LogP contribution >= 0.6 is 12.4 Å². The van der Waals surface area contributed by atoms with Crippen LogP contribution in [0.5, 0.6) is 0 Å². The van der Waals surface area contributed by atoms with Gasteiger partial charge in [0.1, 0.15) is 0 Å². The molecule has 1 aromatic carbocycles. The number of sulfonamides is 1. The van der Waals surface area contributed by atoms with Crippen molar-refractivity contribution in [3.05, 3.63) is 29.3 Å². The van der Waals surface area contributed by atoms with Crippen LogP contribution in [0.4, 0.5) is 0 Å². The summed E-state index contributed by atoms with van der Waals surface area (Å²) >= 11 is 0. The average molecular weight is 402 g/mol. The number of piperazine rings is 1. The number of nitrogens with one attached hydrogen (secondary N) is 1. The van der Waals surface area contributed by atoms with Crippen molar-refractivity contribution in [2.24, 2.45) is 0 Å². The van der Waals surface area contributed by atoms with Crippen molar-refractivity contribution in [3.8, 4) is 0 Å². The van der Waals surface area contributed by atoms with Gasteiger partial charge in [-0.15, -0.1) is 12.4 Å². The molecule has 1 aromatic rings. The molecule has 8 heteroatoms. The van der Waals surface area contributed by atoms with Crippen LogP contribution in [0.25, 0.3) is 0 Å². The summed E-state index contributed by atoms with van der Waals surface area (Å²) in [5.41, 5.74) is 1.31. The molecule has 0 saturated carbocycles. The second-order valence-electron chi connectivity index (χ2n) is 6.99. The van der Waals surface area contributed by atoms with Gasteiger partial charge in [0, 0.05) is 44.3 Å². The van der Waals surface area contributed by atoms with Crippen molar-refractivity contribution in [1.29, 1.82) is 0 Å². The summed E-state index contributed by atoms with van der Waals surface area (Å²) in [4.78, 5) is 15.0. The van der Waals surface area contributed by atoms with E-state index >= 15 is 0 Å². The molecule has 0 spiro atoms. The van der Waals surface area contributed by atoms with Crippen LogP contribution in [0.3, 0.4) is 0 Å². The van der Waals surface area contributed by atoms with Gasteiger partial charge in [-0.3, -0.25) is 4.79 Å². The van der Waals surface area contributed by atoms with Gasteiger partial charge >= 0.3 is 0 Å². The van der Waals surface area contributed by atoms with E-state index in [1.807, 2.05) is 18.7 Å². The van der Waals surface area contributed by atoms with Crippen LogP contribution < -0.4 is 5.32 Å². The number of carbonyl (C=O) groups is 1. The van der Waals surface area contributed by atoms with Crippen LogP contribution in [-0.4, -0.2) is 62.3 Å². The van der Waals surface area contributed by atoms with Crippen LogP contribution in [0.2, 0.25) is 0 Å². The Morgan fingerprint density at radius 2 is 1.85 bits per heavy atom. The van der Waals surface area contributed by atoms with E-state index in [2.05, 4.69) is 5.32 Å². The molecule has 26 heavy (non-hydrogen) atoms. The molecule has 2 aliphatic rings. The minimum absolute atomic E-state index is 0. The predicted octanol–water partition coefficient (Wildman–Crippen LogP) is 2.03. The first kappa shape index (κ1) is 21.2. The third-order valence-electron chi connectivity index (χ3n) is 5.15. The van der Waals surface area contributed by atoms with Crippen molar-refractivity contribution >= 4 is 28.3 Å². The summed E-state index contributed by atoms with van der Waals surface area (Å²) in [6.45, 7) is 7.16. The highest BCUT2D eigenvalue weighted by Crippen LogP contribution is 2.24. The molecule has 1 amide bonds. The summed E-state index contributed by atoms with van der Waals surface area (Å²) in [5.74, 6) is -0.0813. The Kier molecular flexibility index (Phi) is 7.07. The summed E-state index contributed by atoms with van der Waals surface area (Å²) in [7, 11) is -3.53. The fraction of sp³-hybridized carbons (Fsp3) is 0.611. The van der Waals surface area contributed by atoms with Crippen molar-refractivity contribution in [1.82, 2.24) is 14.5 Å². The van der Waals surface area contributed by atoms with E-state index < -0.39 is 10.0 Å². The Morgan fingerprint density at radius 1 is 1.15 bits per heavy atom. The Bertz CT molecular complexity index is 748. The summed E-state index contributed by atoms with van der Waals surface area (Å²) in [5, 5.41) is 3.27. The number of hydrogen-bond acceptors (Lipinski definition) is 4. The zero-order valence-electron chi connectivity index (χ0n) is 15.4. The summed E-state index contributed by atoms with van der Waals surface area (Å²) < 4.78 is 27.4. The van der Waals surface area contributed by atoms with Gasteiger partial charge in [-0.05, 0) is 44.4 Å². The van der Waals surface area contributed by atoms with Crippen LogP contribution in [0, 0.1) is 6.92 Å². The van der Waals surface area contributed by atoms with E-state index in [4.69, 9.17) is 0 Å². The minimum atomic E-state index is -3.53. The first-order valence-electron chi connectivity index (χ1n) is 9.04. The van der Waals surface area contributed by atoms with Crippen molar-refractivity contribution < 1.29 is 13.2 Å². The molecule has 3 rings (SSSR count). The lowest BCUT2D eigenvalue weighted by molar-refractivity contribution is 0.0654. The zero-order chi connectivity index (χ0) is 18.0. The number of piperidine rings is 1. The Balaban J connectivity index is 0.00000243. The molecule has 2 aliphatic heterocycles. The maximum atomic E-state index is 13.0. The maximum absolute atomic E-state index is 13.0. The molecule has 6 nitrogen and oxygen atoms in total. The largest absolute Gasteiger partial charge is 0.333 e. The van der Waals surface area contributed by atoms with Crippen LogP contribution in [0.15, 0.2) is 23.1 Å². The number of nitrogens with zero attached hydrogens (tertiary/aromatic N) is 2. The molecule has 0 unspecified atom stereocenters. The predicted molar refractivity (Wildman–Crippen MR) is 104 cm³/mol. The Hall–Kier alpha value is -1.15. The molecule has 0 aromatic heterocycles. The third-order valence-corrected chi connectivity index (χ3v) is 7.05. The quantitative estimate of drug-likeness (QED) is 0.841. The normalized spacial score (nSPS) is 21.9. The van der Waals surface area contributed by atoms with Crippen molar-refractivity contribution in [2.75, 3.05) is 32.7 Å². The molecule has 2 saturated heterocycles. The van der Waals surface area contributed by atoms with E-state index in [9.17, 15) is 13.2 Å². The molecule has 1 N–H and O–H groups in total. The number of benzene rings is 1. The van der Waals surface area contributed by atoms with Crippen molar-refractivity contribution in [3.63, 3.8) is 0 Å². The lowest BCUT2D eigenvalue weighted by atomic mass is 10.1. The van der Waals surface area contributed by atoms with Gasteiger partial charge in [0.15, 0.2) is 0 Å². The number of halogens is 1. The molecule has 2 fully saturated rings. The van der Waals surface area contributed by atoms with E-state index in [0.717, 1.165) is 37.9 Å². The molecular weight excluding hydrogens is 374 g/mol. The maximum Gasteiger partial charge on any atom is 0.254 e. The molecule has 1 atom stereocenters. The average Bonchev–Trinajstić information content (AvgIpc) is 2.62. The Labute approximate surface area is 162 Å². The fourth-order valence-corrected chi connectivity index (χ4v) is 5.09. The number of rotatable bonds is 3. The Morgan fingerprint density at radius 3 is 2.50 bits per heavy atom. The van der Waals surface area contributed by atoms with Crippen molar-refractivity contribution in [2.45, 2.75) is 44.0 Å². The van der Waals surface area contributed by atoms with Gasteiger partial charge in [0.05, 0.1) is 4.90 Å². The van der Waals surface area contributed by atoms with Gasteiger partial charge in [0.2, 0.25) is 10.0 Å². The number of amides is 1. The van der Waals surface area contributed by atoms with Gasteiger partial charge in [-0.25, -0.2) is 8.42 Å². The topological polar surface area (TPSA) is 69.7 Å². The van der Waals surface area contributed by atoms with E-state index in [1.165, 1.54) is 0 Å².